The van der Waals surface area contributed by atoms with Gasteiger partial charge in [-0.1, -0.05) is 19.4 Å². The van der Waals surface area contributed by atoms with E-state index in [1.165, 1.54) is 4.68 Å². The molecule has 0 bridgehead atoms. The molecular weight excluding hydrogens is 292 g/mol. The number of nitrogens with one attached hydrogen (secondary N) is 1. The summed E-state index contributed by atoms with van der Waals surface area (Å²) in [6.07, 6.45) is 4.87. The van der Waals surface area contributed by atoms with Gasteiger partial charge in [-0.15, -0.1) is 0 Å². The first-order valence-corrected chi connectivity index (χ1v) is 7.92. The molecule has 0 saturated carbocycles. The van der Waals surface area contributed by atoms with Crippen LogP contribution in [-0.2, 0) is 18.3 Å². The second kappa shape index (κ2) is 6.32. The van der Waals surface area contributed by atoms with Crippen molar-refractivity contribution < 1.29 is 4.79 Å². The van der Waals surface area contributed by atoms with E-state index in [1.807, 2.05) is 18.2 Å². The van der Waals surface area contributed by atoms with E-state index in [0.29, 0.717) is 17.1 Å². The normalized spacial score (nSPS) is 17.0. The molecule has 6 nitrogen and oxygen atoms in total. The van der Waals surface area contributed by atoms with E-state index in [0.717, 1.165) is 30.5 Å². The lowest BCUT2D eigenvalue weighted by molar-refractivity contribution is -0.120. The summed E-state index contributed by atoms with van der Waals surface area (Å²) in [5.41, 5.74) is 2.01. The highest BCUT2D eigenvalue weighted by molar-refractivity contribution is 5.89. The lowest BCUT2D eigenvalue weighted by Crippen LogP contribution is -2.44. The SMILES string of the molecule is CCCCC1=c2c([nH]n(C)c2=O)=NC(=O)C1Cc1ccccn1. The van der Waals surface area contributed by atoms with Crippen molar-refractivity contribution in [3.63, 3.8) is 0 Å². The molecule has 0 saturated heterocycles. The fourth-order valence-corrected chi connectivity index (χ4v) is 3.02. The molecule has 2 aromatic rings. The fourth-order valence-electron chi connectivity index (χ4n) is 3.02. The minimum absolute atomic E-state index is 0.117. The van der Waals surface area contributed by atoms with Gasteiger partial charge in [0.05, 0.1) is 11.1 Å². The smallest absolute Gasteiger partial charge is 0.275 e. The van der Waals surface area contributed by atoms with Gasteiger partial charge in [0.1, 0.15) is 0 Å². The highest BCUT2D eigenvalue weighted by Gasteiger charge is 2.29. The molecule has 120 valence electrons. The molecule has 1 N–H and O–H groups in total. The topological polar surface area (TPSA) is 80.1 Å². The number of H-pyrrole nitrogens is 1. The number of pyridine rings is 1. The third kappa shape index (κ3) is 2.88. The highest BCUT2D eigenvalue weighted by Crippen LogP contribution is 2.23. The van der Waals surface area contributed by atoms with Gasteiger partial charge in [0, 0.05) is 25.4 Å². The minimum Gasteiger partial charge on any atom is -0.278 e. The van der Waals surface area contributed by atoms with Crippen LogP contribution in [0.1, 0.15) is 31.9 Å². The zero-order chi connectivity index (χ0) is 16.4. The van der Waals surface area contributed by atoms with Gasteiger partial charge < -0.3 is 0 Å². The fraction of sp³-hybridized carbons (Fsp3) is 0.412. The second-order valence-electron chi connectivity index (χ2n) is 5.86. The monoisotopic (exact) mass is 312 g/mol. The number of aryl methyl sites for hydroxylation is 1. The first kappa shape index (κ1) is 15.4. The summed E-state index contributed by atoms with van der Waals surface area (Å²) in [4.78, 5) is 33.3. The Balaban J connectivity index is 2.13. The van der Waals surface area contributed by atoms with Gasteiger partial charge in [0.2, 0.25) is 0 Å². The quantitative estimate of drug-likeness (QED) is 0.871. The van der Waals surface area contributed by atoms with Crippen molar-refractivity contribution >= 4 is 11.5 Å². The van der Waals surface area contributed by atoms with Gasteiger partial charge in [-0.25, -0.2) is 0 Å². The number of nitrogens with zero attached hydrogens (tertiary/aromatic N) is 3. The van der Waals surface area contributed by atoms with E-state index in [4.69, 9.17) is 0 Å². The van der Waals surface area contributed by atoms with E-state index in [9.17, 15) is 9.59 Å². The Kier molecular flexibility index (Phi) is 4.23. The number of amides is 1. The Hall–Kier alpha value is -2.50. The Bertz CT molecular complexity index is 893. The molecule has 0 aliphatic carbocycles. The summed E-state index contributed by atoms with van der Waals surface area (Å²) in [7, 11) is 1.64. The average Bonchev–Trinajstić information content (AvgIpc) is 2.82. The molecule has 23 heavy (non-hydrogen) atoms. The van der Waals surface area contributed by atoms with Gasteiger partial charge in [0.25, 0.3) is 11.5 Å². The van der Waals surface area contributed by atoms with Crippen LogP contribution >= 0.6 is 0 Å². The van der Waals surface area contributed by atoms with E-state index >= 15 is 0 Å². The van der Waals surface area contributed by atoms with Crippen molar-refractivity contribution in [2.45, 2.75) is 32.6 Å². The number of unbranched alkanes of at least 4 members (excludes halogenated alkanes) is 1. The number of fused-ring (bicyclic) bond motifs is 1. The van der Waals surface area contributed by atoms with Gasteiger partial charge in [-0.2, -0.15) is 4.99 Å². The molecule has 0 radical (unpaired) electrons. The summed E-state index contributed by atoms with van der Waals surface area (Å²) in [6.45, 7) is 2.10. The molecule has 0 fully saturated rings. The predicted octanol–water partition coefficient (Wildman–Crippen LogP) is 0.468. The number of aromatic nitrogens is 3. The Morgan fingerprint density at radius 2 is 2.13 bits per heavy atom. The number of carbonyl (C=O) groups excluding carboxylic acids is 1. The summed E-state index contributed by atoms with van der Waals surface area (Å²) < 4.78 is 1.39. The lowest BCUT2D eigenvalue weighted by atomic mass is 9.87. The summed E-state index contributed by atoms with van der Waals surface area (Å²) in [5.74, 6) is -0.594. The van der Waals surface area contributed by atoms with Crippen molar-refractivity contribution in [1.82, 2.24) is 14.8 Å². The first-order chi connectivity index (χ1) is 11.1. The van der Waals surface area contributed by atoms with Crippen LogP contribution in [-0.4, -0.2) is 20.7 Å². The largest absolute Gasteiger partial charge is 0.278 e. The van der Waals surface area contributed by atoms with Crippen molar-refractivity contribution in [2.24, 2.45) is 18.0 Å². The van der Waals surface area contributed by atoms with Crippen molar-refractivity contribution in [2.75, 3.05) is 0 Å². The third-order valence-corrected chi connectivity index (χ3v) is 4.23. The van der Waals surface area contributed by atoms with E-state index in [-0.39, 0.29) is 11.5 Å². The predicted molar refractivity (Wildman–Crippen MR) is 86.2 cm³/mol. The number of aromatic amines is 1. The van der Waals surface area contributed by atoms with Gasteiger partial charge in [-0.3, -0.25) is 24.4 Å². The summed E-state index contributed by atoms with van der Waals surface area (Å²) >= 11 is 0. The van der Waals surface area contributed by atoms with Crippen LogP contribution in [0, 0.1) is 5.92 Å². The molecular formula is C17H20N4O2. The molecule has 1 atom stereocenters. The maximum Gasteiger partial charge on any atom is 0.275 e. The van der Waals surface area contributed by atoms with E-state index in [2.05, 4.69) is 22.0 Å². The molecule has 0 spiro atoms. The van der Waals surface area contributed by atoms with Crippen molar-refractivity contribution in [3.8, 4) is 0 Å². The van der Waals surface area contributed by atoms with Crippen LogP contribution < -0.4 is 16.3 Å². The van der Waals surface area contributed by atoms with Gasteiger partial charge in [0.15, 0.2) is 5.49 Å². The molecule has 1 unspecified atom stereocenters. The van der Waals surface area contributed by atoms with Crippen molar-refractivity contribution in [1.29, 1.82) is 0 Å². The summed E-state index contributed by atoms with van der Waals surface area (Å²) in [6, 6.07) is 5.65. The molecule has 1 amide bonds. The molecule has 1 aliphatic heterocycles. The van der Waals surface area contributed by atoms with Crippen LogP contribution in [0.4, 0.5) is 0 Å². The molecule has 2 aromatic heterocycles. The number of hydrogen-bond acceptors (Lipinski definition) is 3. The standard InChI is InChI=1S/C17H20N4O2/c1-3-4-8-12-13(10-11-7-5-6-9-18-11)16(22)19-15-14(12)17(23)21(2)20-15/h5-7,9,13H,3-4,8,10H2,1-2H3,(H,19,20,22). The van der Waals surface area contributed by atoms with Crippen LogP contribution in [0.25, 0.3) is 5.57 Å². The van der Waals surface area contributed by atoms with Crippen LogP contribution in [0.15, 0.2) is 34.2 Å². The number of rotatable bonds is 5. The van der Waals surface area contributed by atoms with Gasteiger partial charge in [-0.05, 0) is 30.5 Å². The summed E-state index contributed by atoms with van der Waals surface area (Å²) in [5, 5.41) is 3.44. The number of carbonyl (C=O) groups is 1. The molecule has 1 aliphatic rings. The van der Waals surface area contributed by atoms with E-state index in [1.54, 1.807) is 13.2 Å². The maximum atomic E-state index is 12.5. The van der Waals surface area contributed by atoms with Crippen LogP contribution in [0.2, 0.25) is 0 Å². The second-order valence-corrected chi connectivity index (χ2v) is 5.86. The third-order valence-electron chi connectivity index (χ3n) is 4.23. The minimum atomic E-state index is -0.396. The Morgan fingerprint density at radius 3 is 2.83 bits per heavy atom. The van der Waals surface area contributed by atoms with Crippen molar-refractivity contribution in [3.05, 3.63) is 51.2 Å². The average molecular weight is 312 g/mol. The molecule has 3 heterocycles. The number of hydrogen-bond donors (Lipinski definition) is 1. The van der Waals surface area contributed by atoms with Crippen LogP contribution in [0.5, 0.6) is 0 Å². The zero-order valence-corrected chi connectivity index (χ0v) is 13.4. The van der Waals surface area contributed by atoms with Crippen LogP contribution in [0.3, 0.4) is 0 Å². The Morgan fingerprint density at radius 1 is 1.30 bits per heavy atom. The molecule has 0 aromatic carbocycles. The maximum absolute atomic E-state index is 12.5. The molecule has 3 rings (SSSR count). The van der Waals surface area contributed by atoms with Gasteiger partial charge >= 0.3 is 0 Å². The lowest BCUT2D eigenvalue weighted by Gasteiger charge is -2.18. The highest BCUT2D eigenvalue weighted by atomic mass is 16.2. The van der Waals surface area contributed by atoms with E-state index < -0.39 is 5.92 Å². The Labute approximate surface area is 133 Å². The molecule has 6 heteroatoms. The zero-order valence-electron chi connectivity index (χ0n) is 13.4. The first-order valence-electron chi connectivity index (χ1n) is 7.92.